The van der Waals surface area contributed by atoms with Crippen LogP contribution in [0.3, 0.4) is 0 Å². The summed E-state index contributed by atoms with van der Waals surface area (Å²) in [5.41, 5.74) is 2.31. The molecule has 144 valence electrons. The van der Waals surface area contributed by atoms with Crippen molar-refractivity contribution in [2.24, 2.45) is 0 Å². The first-order valence-corrected chi connectivity index (χ1v) is 9.15. The number of carbonyl (C=O) groups is 2. The van der Waals surface area contributed by atoms with Crippen molar-refractivity contribution in [2.75, 3.05) is 26.7 Å². The van der Waals surface area contributed by atoms with E-state index in [1.165, 1.54) is 0 Å². The smallest absolute Gasteiger partial charge is 0.317 e. The van der Waals surface area contributed by atoms with Gasteiger partial charge in [-0.3, -0.25) is 14.5 Å². The lowest BCUT2D eigenvalue weighted by atomic mass is 10.1. The number of hydrogen-bond donors (Lipinski definition) is 1. The van der Waals surface area contributed by atoms with Crippen LogP contribution < -0.4 is 0 Å². The molecule has 27 heavy (non-hydrogen) atoms. The lowest BCUT2D eigenvalue weighted by molar-refractivity contribution is -0.138. The van der Waals surface area contributed by atoms with Crippen LogP contribution in [0.1, 0.15) is 35.3 Å². The molecule has 0 bridgehead atoms. The molecule has 1 aromatic carbocycles. The molecule has 0 radical (unpaired) electrons. The summed E-state index contributed by atoms with van der Waals surface area (Å²) in [5.74, 6) is -0.960. The van der Waals surface area contributed by atoms with Gasteiger partial charge in [0, 0.05) is 19.1 Å². The van der Waals surface area contributed by atoms with E-state index in [-0.39, 0.29) is 18.5 Å². The number of aryl methyl sites for hydroxylation is 1. The van der Waals surface area contributed by atoms with Gasteiger partial charge in [0.1, 0.15) is 0 Å². The molecular formula is C19H25N5O3. The number of carboxylic acids is 1. The minimum atomic E-state index is -0.831. The topological polar surface area (TPSA) is 91.6 Å². The highest BCUT2D eigenvalue weighted by Gasteiger charge is 2.26. The molecule has 8 nitrogen and oxygen atoms in total. The highest BCUT2D eigenvalue weighted by molar-refractivity contribution is 5.92. The Labute approximate surface area is 158 Å². The fourth-order valence-corrected chi connectivity index (χ4v) is 3.49. The Hall–Kier alpha value is -2.74. The average Bonchev–Trinajstić information content (AvgIpc) is 2.98. The normalized spacial score (nSPS) is 17.7. The molecule has 8 heteroatoms. The molecule has 1 aliphatic rings. The van der Waals surface area contributed by atoms with Crippen LogP contribution in [0.25, 0.3) is 5.69 Å². The number of aromatic nitrogens is 3. The third-order valence-corrected chi connectivity index (χ3v) is 4.97. The van der Waals surface area contributed by atoms with Crippen LogP contribution in [0.4, 0.5) is 0 Å². The van der Waals surface area contributed by atoms with Crippen LogP contribution in [0.15, 0.2) is 30.5 Å². The van der Waals surface area contributed by atoms with Crippen molar-refractivity contribution in [1.82, 2.24) is 24.8 Å². The summed E-state index contributed by atoms with van der Waals surface area (Å²) in [6.45, 7) is 3.25. The Kier molecular flexibility index (Phi) is 5.85. The maximum absolute atomic E-state index is 12.8. The molecule has 2 aromatic rings. The summed E-state index contributed by atoms with van der Waals surface area (Å²) in [7, 11) is 1.82. The van der Waals surface area contributed by atoms with Crippen LogP contribution >= 0.6 is 0 Å². The van der Waals surface area contributed by atoms with Crippen molar-refractivity contribution in [2.45, 2.75) is 32.2 Å². The Morgan fingerprint density at radius 3 is 2.85 bits per heavy atom. The number of carboxylic acid groups (broad SMARTS) is 1. The standard InChI is InChI=1S/C19H25N5O3/c1-14-5-3-6-16(11-14)24-12-17(20-21-24)19(27)23-9-4-7-15(8-10-23)22(2)13-18(25)26/h3,5-6,11-12,15H,4,7-10,13H2,1-2H3,(H,25,26). The number of nitrogens with zero attached hydrogens (tertiary/aromatic N) is 5. The van der Waals surface area contributed by atoms with Crippen LogP contribution in [-0.2, 0) is 4.79 Å². The van der Waals surface area contributed by atoms with E-state index >= 15 is 0 Å². The number of benzene rings is 1. The van der Waals surface area contributed by atoms with E-state index in [9.17, 15) is 9.59 Å². The van der Waals surface area contributed by atoms with E-state index in [2.05, 4.69) is 10.3 Å². The third kappa shape index (κ3) is 4.71. The molecule has 1 N–H and O–H groups in total. The van der Waals surface area contributed by atoms with Crippen LogP contribution in [0.2, 0.25) is 0 Å². The van der Waals surface area contributed by atoms with Gasteiger partial charge >= 0.3 is 5.97 Å². The van der Waals surface area contributed by atoms with Gasteiger partial charge in [-0.15, -0.1) is 5.10 Å². The van der Waals surface area contributed by atoms with Crippen LogP contribution in [-0.4, -0.2) is 74.5 Å². The van der Waals surface area contributed by atoms with Crippen molar-refractivity contribution >= 4 is 11.9 Å². The predicted octanol–water partition coefficient (Wildman–Crippen LogP) is 1.59. The molecule has 1 aliphatic heterocycles. The molecule has 1 saturated heterocycles. The first-order chi connectivity index (χ1) is 12.9. The highest BCUT2D eigenvalue weighted by Crippen LogP contribution is 2.17. The first kappa shape index (κ1) is 19.0. The predicted molar refractivity (Wildman–Crippen MR) is 99.9 cm³/mol. The van der Waals surface area contributed by atoms with Gasteiger partial charge in [-0.1, -0.05) is 17.3 Å². The molecule has 1 unspecified atom stereocenters. The van der Waals surface area contributed by atoms with Gasteiger partial charge < -0.3 is 10.0 Å². The molecule has 0 spiro atoms. The van der Waals surface area contributed by atoms with Gasteiger partial charge in [0.15, 0.2) is 5.69 Å². The molecule has 3 rings (SSSR count). The molecular weight excluding hydrogens is 346 g/mol. The number of carbonyl (C=O) groups excluding carboxylic acids is 1. The largest absolute Gasteiger partial charge is 0.480 e. The summed E-state index contributed by atoms with van der Waals surface area (Å²) in [6, 6.07) is 8.02. The fraction of sp³-hybridized carbons (Fsp3) is 0.474. The van der Waals surface area contributed by atoms with Gasteiger partial charge in [0.25, 0.3) is 5.91 Å². The Bertz CT molecular complexity index is 819. The van der Waals surface area contributed by atoms with E-state index in [0.717, 1.165) is 30.5 Å². The number of amides is 1. The Morgan fingerprint density at radius 1 is 1.30 bits per heavy atom. The molecule has 0 aliphatic carbocycles. The van der Waals surface area contributed by atoms with Gasteiger partial charge in [-0.2, -0.15) is 0 Å². The number of rotatable bonds is 5. The molecule has 1 fully saturated rings. The molecule has 2 heterocycles. The zero-order valence-corrected chi connectivity index (χ0v) is 15.7. The third-order valence-electron chi connectivity index (χ3n) is 4.97. The number of aliphatic carboxylic acids is 1. The minimum absolute atomic E-state index is 0.0173. The van der Waals surface area contributed by atoms with E-state index in [0.29, 0.717) is 18.8 Å². The van der Waals surface area contributed by atoms with Crippen molar-refractivity contribution in [1.29, 1.82) is 0 Å². The van der Waals surface area contributed by atoms with Crippen molar-refractivity contribution in [3.8, 4) is 5.69 Å². The van der Waals surface area contributed by atoms with E-state index in [1.54, 1.807) is 15.8 Å². The number of likely N-dealkylation sites (tertiary alicyclic amines) is 1. The van der Waals surface area contributed by atoms with Gasteiger partial charge in [-0.05, 0) is 50.9 Å². The fourth-order valence-electron chi connectivity index (χ4n) is 3.49. The SMILES string of the molecule is Cc1cccc(-n2cc(C(=O)N3CCCC(N(C)CC(=O)O)CC3)nn2)c1. The second kappa shape index (κ2) is 8.30. The summed E-state index contributed by atoms with van der Waals surface area (Å²) >= 11 is 0. The van der Waals surface area contributed by atoms with E-state index in [1.807, 2.05) is 43.1 Å². The van der Waals surface area contributed by atoms with Gasteiger partial charge in [-0.25, -0.2) is 4.68 Å². The van der Waals surface area contributed by atoms with E-state index in [4.69, 9.17) is 5.11 Å². The monoisotopic (exact) mass is 371 g/mol. The van der Waals surface area contributed by atoms with Crippen molar-refractivity contribution in [3.63, 3.8) is 0 Å². The number of likely N-dealkylation sites (N-methyl/N-ethyl adjacent to an activating group) is 1. The maximum atomic E-state index is 12.8. The lowest BCUT2D eigenvalue weighted by Crippen LogP contribution is -2.37. The molecule has 1 atom stereocenters. The zero-order chi connectivity index (χ0) is 19.4. The summed E-state index contributed by atoms with van der Waals surface area (Å²) in [6.07, 6.45) is 4.13. The van der Waals surface area contributed by atoms with Crippen LogP contribution in [0, 0.1) is 6.92 Å². The Balaban J connectivity index is 1.65. The molecule has 0 saturated carbocycles. The second-order valence-corrected chi connectivity index (χ2v) is 7.07. The second-order valence-electron chi connectivity index (χ2n) is 7.07. The first-order valence-electron chi connectivity index (χ1n) is 9.15. The number of hydrogen-bond acceptors (Lipinski definition) is 5. The summed E-state index contributed by atoms with van der Waals surface area (Å²) in [4.78, 5) is 27.4. The average molecular weight is 371 g/mol. The van der Waals surface area contributed by atoms with Gasteiger partial charge in [0.2, 0.25) is 0 Å². The summed E-state index contributed by atoms with van der Waals surface area (Å²) < 4.78 is 1.61. The van der Waals surface area contributed by atoms with Gasteiger partial charge in [0.05, 0.1) is 18.4 Å². The van der Waals surface area contributed by atoms with E-state index < -0.39 is 5.97 Å². The highest BCUT2D eigenvalue weighted by atomic mass is 16.4. The maximum Gasteiger partial charge on any atom is 0.317 e. The zero-order valence-electron chi connectivity index (χ0n) is 15.7. The lowest BCUT2D eigenvalue weighted by Gasteiger charge is -2.25. The van der Waals surface area contributed by atoms with Crippen molar-refractivity contribution < 1.29 is 14.7 Å². The minimum Gasteiger partial charge on any atom is -0.480 e. The van der Waals surface area contributed by atoms with Crippen molar-refractivity contribution in [3.05, 3.63) is 41.7 Å². The Morgan fingerprint density at radius 2 is 2.11 bits per heavy atom. The summed E-state index contributed by atoms with van der Waals surface area (Å²) in [5, 5.41) is 17.1. The van der Waals surface area contributed by atoms with Crippen LogP contribution in [0.5, 0.6) is 0 Å². The molecule has 1 amide bonds. The quantitative estimate of drug-likeness (QED) is 0.858. The molecule has 1 aromatic heterocycles.